The van der Waals surface area contributed by atoms with Crippen molar-refractivity contribution in [2.75, 3.05) is 13.7 Å². The van der Waals surface area contributed by atoms with Crippen LogP contribution < -0.4 is 4.74 Å². The van der Waals surface area contributed by atoms with E-state index in [1.165, 1.54) is 16.5 Å². The lowest BCUT2D eigenvalue weighted by Gasteiger charge is -2.00. The lowest BCUT2D eigenvalue weighted by Crippen LogP contribution is -2.09. The summed E-state index contributed by atoms with van der Waals surface area (Å²) < 4.78 is 12.0. The van der Waals surface area contributed by atoms with Crippen molar-refractivity contribution in [2.45, 2.75) is 29.8 Å². The third kappa shape index (κ3) is 4.86. The predicted octanol–water partition coefficient (Wildman–Crippen LogP) is 4.06. The van der Waals surface area contributed by atoms with E-state index in [1.807, 2.05) is 36.4 Å². The lowest BCUT2D eigenvalue weighted by atomic mass is 10.3. The summed E-state index contributed by atoms with van der Waals surface area (Å²) in [6, 6.07) is 11.5. The molecule has 0 bridgehead atoms. The van der Waals surface area contributed by atoms with Gasteiger partial charge in [0, 0.05) is 11.3 Å². The summed E-state index contributed by atoms with van der Waals surface area (Å²) in [4.78, 5) is 1.07. The molecule has 0 atom stereocenters. The van der Waals surface area contributed by atoms with Crippen molar-refractivity contribution in [3.63, 3.8) is 0 Å². The Morgan fingerprint density at radius 2 is 2.00 bits per heavy atom. The van der Waals surface area contributed by atoms with E-state index in [9.17, 15) is 5.21 Å². The summed E-state index contributed by atoms with van der Waals surface area (Å²) in [5.74, 6) is 1.48. The second kappa shape index (κ2) is 7.78. The molecule has 0 amide bonds. The Morgan fingerprint density at radius 3 is 2.67 bits per heavy atom. The third-order valence-electron chi connectivity index (χ3n) is 2.90. The number of hydroxylamine groups is 1. The Morgan fingerprint density at radius 1 is 1.24 bits per heavy atom. The zero-order valence-corrected chi connectivity index (χ0v) is 13.1. The number of methoxy groups -OCH3 is 1. The van der Waals surface area contributed by atoms with E-state index < -0.39 is 0 Å². The molecule has 2 aromatic rings. The number of ether oxygens (including phenoxy) is 1. The molecule has 2 rings (SSSR count). The van der Waals surface area contributed by atoms with Crippen LogP contribution in [0.1, 0.15) is 25.5 Å². The smallest absolute Gasteiger partial charge is 0.257 e. The first-order valence-electron chi connectivity index (χ1n) is 6.93. The second-order valence-electron chi connectivity index (χ2n) is 4.58. The Hall–Kier alpha value is -1.88. The van der Waals surface area contributed by atoms with E-state index in [2.05, 4.69) is 6.92 Å². The Bertz CT molecular complexity index is 590. The first-order chi connectivity index (χ1) is 10.2. The molecule has 0 aliphatic rings. The number of hydrogen-bond acceptors (Lipinski definition) is 4. The van der Waals surface area contributed by atoms with Crippen LogP contribution in [0.3, 0.4) is 0 Å². The SMILES string of the molecule is CCCC/[N+](O)=C/c1ccc(Sc2ccc(OC)cc2)o1. The summed E-state index contributed by atoms with van der Waals surface area (Å²) in [7, 11) is 1.65. The van der Waals surface area contributed by atoms with Crippen LogP contribution in [0.2, 0.25) is 0 Å². The number of hydrogen-bond donors (Lipinski definition) is 1. The second-order valence-corrected chi connectivity index (χ2v) is 5.66. The molecule has 5 heteroatoms. The van der Waals surface area contributed by atoms with Gasteiger partial charge >= 0.3 is 0 Å². The van der Waals surface area contributed by atoms with Gasteiger partial charge in [0.1, 0.15) is 5.75 Å². The van der Waals surface area contributed by atoms with E-state index in [4.69, 9.17) is 9.15 Å². The molecule has 1 N–H and O–H groups in total. The molecule has 112 valence electrons. The first-order valence-corrected chi connectivity index (χ1v) is 7.75. The van der Waals surface area contributed by atoms with Crippen LogP contribution in [0.5, 0.6) is 5.75 Å². The molecule has 0 aliphatic carbocycles. The molecule has 0 spiro atoms. The van der Waals surface area contributed by atoms with Gasteiger partial charge in [-0.15, -0.1) is 0 Å². The van der Waals surface area contributed by atoms with Crippen LogP contribution in [0.4, 0.5) is 0 Å². The highest BCUT2D eigenvalue weighted by atomic mass is 32.2. The van der Waals surface area contributed by atoms with E-state index in [-0.39, 0.29) is 0 Å². The Labute approximate surface area is 129 Å². The molecule has 0 aliphatic heterocycles. The van der Waals surface area contributed by atoms with Crippen LogP contribution in [0, 0.1) is 0 Å². The molecular weight excluding hydrogens is 286 g/mol. The van der Waals surface area contributed by atoms with Crippen molar-refractivity contribution in [3.05, 3.63) is 42.2 Å². The van der Waals surface area contributed by atoms with Gasteiger partial charge < -0.3 is 9.15 Å². The average molecular weight is 306 g/mol. The van der Waals surface area contributed by atoms with E-state index in [0.29, 0.717) is 12.3 Å². The zero-order valence-electron chi connectivity index (χ0n) is 12.3. The minimum Gasteiger partial charge on any atom is -0.497 e. The third-order valence-corrected chi connectivity index (χ3v) is 3.83. The molecule has 21 heavy (non-hydrogen) atoms. The lowest BCUT2D eigenvalue weighted by molar-refractivity contribution is -0.771. The molecule has 0 unspecified atom stereocenters. The summed E-state index contributed by atoms with van der Waals surface area (Å²) in [6.07, 6.45) is 3.59. The number of rotatable bonds is 7. The van der Waals surface area contributed by atoms with Crippen molar-refractivity contribution < 1.29 is 19.1 Å². The average Bonchev–Trinajstić information content (AvgIpc) is 2.93. The maximum Gasteiger partial charge on any atom is 0.257 e. The van der Waals surface area contributed by atoms with Gasteiger partial charge in [0.2, 0.25) is 0 Å². The van der Waals surface area contributed by atoms with Crippen LogP contribution in [-0.2, 0) is 0 Å². The molecule has 4 nitrogen and oxygen atoms in total. The molecule has 1 aromatic heterocycles. The Balaban J connectivity index is 1.99. The van der Waals surface area contributed by atoms with Gasteiger partial charge in [-0.3, -0.25) is 5.21 Å². The van der Waals surface area contributed by atoms with Crippen LogP contribution in [0.25, 0.3) is 0 Å². The summed E-state index contributed by atoms with van der Waals surface area (Å²) in [6.45, 7) is 2.70. The van der Waals surface area contributed by atoms with Crippen molar-refractivity contribution in [2.24, 2.45) is 0 Å². The van der Waals surface area contributed by atoms with Gasteiger partial charge in [0.15, 0.2) is 17.4 Å². The van der Waals surface area contributed by atoms with Crippen molar-refractivity contribution >= 4 is 18.0 Å². The maximum atomic E-state index is 9.69. The van der Waals surface area contributed by atoms with Crippen LogP contribution in [-0.4, -0.2) is 29.8 Å². The zero-order chi connectivity index (χ0) is 15.1. The number of unbranched alkanes of at least 4 members (excludes halogenated alkanes) is 1. The highest BCUT2D eigenvalue weighted by Crippen LogP contribution is 2.30. The highest BCUT2D eigenvalue weighted by Gasteiger charge is 2.07. The van der Waals surface area contributed by atoms with Crippen molar-refractivity contribution in [3.8, 4) is 5.75 Å². The van der Waals surface area contributed by atoms with Crippen molar-refractivity contribution in [1.29, 1.82) is 0 Å². The van der Waals surface area contributed by atoms with E-state index >= 15 is 0 Å². The first kappa shape index (κ1) is 15.5. The molecule has 0 radical (unpaired) electrons. The fraction of sp³-hybridized carbons (Fsp3) is 0.312. The minimum atomic E-state index is 0.609. The fourth-order valence-corrected chi connectivity index (χ4v) is 2.53. The molecule has 0 saturated carbocycles. The standard InChI is InChI=1S/C16H20NO3S/c1-3-4-11-17(18)12-14-7-10-16(20-14)21-15-8-5-13(19-2)6-9-15/h5-10,12,18H,3-4,11H2,1-2H3/q+1/b17-12-. The monoisotopic (exact) mass is 306 g/mol. The molecular formula is C16H20NO3S+. The highest BCUT2D eigenvalue weighted by molar-refractivity contribution is 7.99. The van der Waals surface area contributed by atoms with Gasteiger partial charge in [0.25, 0.3) is 6.21 Å². The van der Waals surface area contributed by atoms with Crippen molar-refractivity contribution in [1.82, 2.24) is 0 Å². The van der Waals surface area contributed by atoms with Gasteiger partial charge in [-0.05, 0) is 47.6 Å². The summed E-state index contributed by atoms with van der Waals surface area (Å²) >= 11 is 1.53. The molecule has 0 saturated heterocycles. The van der Waals surface area contributed by atoms with E-state index in [1.54, 1.807) is 13.3 Å². The number of nitrogens with zero attached hydrogens (tertiary/aromatic N) is 1. The topological polar surface area (TPSA) is 45.6 Å². The maximum absolute atomic E-state index is 9.69. The predicted molar refractivity (Wildman–Crippen MR) is 82.8 cm³/mol. The van der Waals surface area contributed by atoms with Crippen LogP contribution in [0.15, 0.2) is 50.8 Å². The van der Waals surface area contributed by atoms with Crippen LogP contribution >= 0.6 is 11.8 Å². The molecule has 0 fully saturated rings. The number of furan rings is 1. The minimum absolute atomic E-state index is 0.609. The summed E-state index contributed by atoms with van der Waals surface area (Å²) in [5.41, 5.74) is 0. The Kier molecular flexibility index (Phi) is 5.75. The normalized spacial score (nSPS) is 11.6. The fourth-order valence-electron chi connectivity index (χ4n) is 1.75. The van der Waals surface area contributed by atoms with Gasteiger partial charge in [-0.1, -0.05) is 18.7 Å². The van der Waals surface area contributed by atoms with E-state index in [0.717, 1.165) is 28.6 Å². The van der Waals surface area contributed by atoms with Gasteiger partial charge in [-0.2, -0.15) is 0 Å². The summed E-state index contributed by atoms with van der Waals surface area (Å²) in [5, 5.41) is 10.5. The number of benzene rings is 1. The quantitative estimate of drug-likeness (QED) is 0.363. The van der Waals surface area contributed by atoms with Gasteiger partial charge in [-0.25, -0.2) is 0 Å². The molecule has 1 heterocycles. The van der Waals surface area contributed by atoms with Gasteiger partial charge in [0.05, 0.1) is 7.11 Å². The molecule has 1 aromatic carbocycles. The largest absolute Gasteiger partial charge is 0.497 e.